The quantitative estimate of drug-likeness (QED) is 0.440. The van der Waals surface area contributed by atoms with E-state index in [0.717, 1.165) is 39.3 Å². The SMILES string of the molecule is O=C(Cn1cc(Br)ccc1=O)N1CCC(c2nc(C3=NOC(c4ccccc4Cl)C3)cs2)CC1. The summed E-state index contributed by atoms with van der Waals surface area (Å²) >= 11 is 11.3. The Hall–Kier alpha value is -2.49. The minimum Gasteiger partial charge on any atom is -0.387 e. The number of hydrogen-bond acceptors (Lipinski definition) is 6. The Morgan fingerprint density at radius 3 is 2.79 bits per heavy atom. The molecular formula is C24H22BrClN4O3S. The summed E-state index contributed by atoms with van der Waals surface area (Å²) in [5.74, 6) is 0.264. The molecule has 10 heteroatoms. The highest BCUT2D eigenvalue weighted by atomic mass is 79.9. The minimum atomic E-state index is -0.194. The van der Waals surface area contributed by atoms with Gasteiger partial charge in [0.25, 0.3) is 5.56 Å². The second kappa shape index (κ2) is 10.0. The molecule has 0 spiro atoms. The van der Waals surface area contributed by atoms with Crippen LogP contribution in [-0.2, 0) is 16.2 Å². The van der Waals surface area contributed by atoms with Crippen LogP contribution in [0, 0.1) is 0 Å². The average molecular weight is 562 g/mol. The van der Waals surface area contributed by atoms with Crippen molar-refractivity contribution in [3.63, 3.8) is 0 Å². The zero-order valence-electron chi connectivity index (χ0n) is 18.2. The molecule has 1 saturated heterocycles. The first kappa shape index (κ1) is 23.3. The molecule has 1 fully saturated rings. The molecule has 0 bridgehead atoms. The number of nitrogens with zero attached hydrogens (tertiary/aromatic N) is 4. The fraction of sp³-hybridized carbons (Fsp3) is 0.333. The molecule has 34 heavy (non-hydrogen) atoms. The molecular weight excluding hydrogens is 540 g/mol. The highest BCUT2D eigenvalue weighted by Crippen LogP contribution is 2.35. The van der Waals surface area contributed by atoms with Crippen molar-refractivity contribution in [2.24, 2.45) is 5.16 Å². The largest absolute Gasteiger partial charge is 0.387 e. The van der Waals surface area contributed by atoms with Gasteiger partial charge < -0.3 is 14.3 Å². The zero-order chi connectivity index (χ0) is 23.7. The number of aromatic nitrogens is 2. The Labute approximate surface area is 214 Å². The first-order valence-corrected chi connectivity index (χ1v) is 13.1. The molecule has 3 aromatic rings. The maximum absolute atomic E-state index is 12.7. The van der Waals surface area contributed by atoms with E-state index in [1.807, 2.05) is 34.5 Å². The molecule has 1 unspecified atom stereocenters. The smallest absolute Gasteiger partial charge is 0.251 e. The number of rotatable bonds is 5. The fourth-order valence-corrected chi connectivity index (χ4v) is 5.92. The summed E-state index contributed by atoms with van der Waals surface area (Å²) in [5, 5.41) is 8.04. The summed E-state index contributed by atoms with van der Waals surface area (Å²) in [6.07, 6.45) is 3.78. The molecule has 5 rings (SSSR count). The van der Waals surface area contributed by atoms with Gasteiger partial charge in [-0.05, 0) is 40.9 Å². The number of pyridine rings is 1. The van der Waals surface area contributed by atoms with E-state index in [0.29, 0.717) is 30.5 Å². The zero-order valence-corrected chi connectivity index (χ0v) is 21.4. The van der Waals surface area contributed by atoms with Gasteiger partial charge in [-0.15, -0.1) is 11.3 Å². The number of piperidine rings is 1. The second-order valence-corrected chi connectivity index (χ2v) is 10.6. The number of thiazole rings is 1. The van der Waals surface area contributed by atoms with Crippen molar-refractivity contribution in [3.8, 4) is 0 Å². The molecule has 1 amide bonds. The lowest BCUT2D eigenvalue weighted by molar-refractivity contribution is -0.132. The molecule has 1 aromatic carbocycles. The third-order valence-corrected chi connectivity index (χ3v) is 8.01. The molecule has 2 aliphatic rings. The van der Waals surface area contributed by atoms with E-state index < -0.39 is 0 Å². The van der Waals surface area contributed by atoms with Gasteiger partial charge >= 0.3 is 0 Å². The van der Waals surface area contributed by atoms with Crippen LogP contribution in [0.1, 0.15) is 47.5 Å². The Morgan fingerprint density at radius 1 is 1.21 bits per heavy atom. The molecule has 7 nitrogen and oxygen atoms in total. The molecule has 0 aliphatic carbocycles. The molecule has 1 atom stereocenters. The Kier molecular flexibility index (Phi) is 6.85. The van der Waals surface area contributed by atoms with Crippen molar-refractivity contribution >= 4 is 50.5 Å². The Bertz CT molecular complexity index is 1300. The standard InChI is InChI=1S/C24H22BrClN4O3S/c25-16-5-6-22(31)30(12-16)13-23(32)29-9-7-15(8-10-29)24-27-20(14-34-24)19-11-21(33-28-19)17-3-1-2-4-18(17)26/h1-6,12,14-15,21H,7-11,13H2. The van der Waals surface area contributed by atoms with E-state index >= 15 is 0 Å². The predicted octanol–water partition coefficient (Wildman–Crippen LogP) is 4.99. The van der Waals surface area contributed by atoms with Crippen molar-refractivity contribution in [1.82, 2.24) is 14.5 Å². The molecule has 2 aliphatic heterocycles. The summed E-state index contributed by atoms with van der Waals surface area (Å²) in [6, 6.07) is 10.8. The number of carbonyl (C=O) groups excluding carboxylic acids is 1. The summed E-state index contributed by atoms with van der Waals surface area (Å²) < 4.78 is 2.21. The predicted molar refractivity (Wildman–Crippen MR) is 136 cm³/mol. The summed E-state index contributed by atoms with van der Waals surface area (Å²) in [5.41, 5.74) is 2.43. The van der Waals surface area contributed by atoms with Crippen LogP contribution in [0.15, 0.2) is 62.4 Å². The van der Waals surface area contributed by atoms with Gasteiger partial charge in [0.2, 0.25) is 5.91 Å². The minimum absolute atomic E-state index is 0.0402. The monoisotopic (exact) mass is 560 g/mol. The Balaban J connectivity index is 1.17. The third-order valence-electron chi connectivity index (χ3n) is 6.19. The van der Waals surface area contributed by atoms with Crippen molar-refractivity contribution in [2.45, 2.75) is 37.8 Å². The van der Waals surface area contributed by atoms with Crippen LogP contribution in [0.2, 0.25) is 5.02 Å². The van der Waals surface area contributed by atoms with Gasteiger partial charge in [0.15, 0.2) is 6.10 Å². The number of amides is 1. The van der Waals surface area contributed by atoms with Gasteiger partial charge in [0.1, 0.15) is 12.3 Å². The average Bonchev–Trinajstić information content (AvgIpc) is 3.52. The number of carbonyl (C=O) groups is 1. The normalized spacial score (nSPS) is 18.6. The highest BCUT2D eigenvalue weighted by Gasteiger charge is 2.29. The Morgan fingerprint density at radius 2 is 2.00 bits per heavy atom. The van der Waals surface area contributed by atoms with Gasteiger partial charge in [-0.2, -0.15) is 0 Å². The van der Waals surface area contributed by atoms with E-state index in [1.54, 1.807) is 23.6 Å². The topological polar surface area (TPSA) is 76.8 Å². The van der Waals surface area contributed by atoms with Crippen molar-refractivity contribution in [1.29, 1.82) is 0 Å². The lowest BCUT2D eigenvalue weighted by atomic mass is 9.97. The van der Waals surface area contributed by atoms with Crippen LogP contribution in [-0.4, -0.2) is 39.2 Å². The first-order valence-electron chi connectivity index (χ1n) is 11.0. The summed E-state index contributed by atoms with van der Waals surface area (Å²) in [7, 11) is 0. The van der Waals surface area contributed by atoms with Gasteiger partial charge in [-0.3, -0.25) is 9.59 Å². The number of oxime groups is 1. The highest BCUT2D eigenvalue weighted by molar-refractivity contribution is 9.10. The van der Waals surface area contributed by atoms with E-state index in [9.17, 15) is 9.59 Å². The second-order valence-electron chi connectivity index (χ2n) is 8.40. The van der Waals surface area contributed by atoms with Crippen LogP contribution < -0.4 is 5.56 Å². The summed E-state index contributed by atoms with van der Waals surface area (Å²) in [4.78, 5) is 37.0. The molecule has 176 valence electrons. The number of hydrogen-bond donors (Lipinski definition) is 0. The van der Waals surface area contributed by atoms with Gasteiger partial charge in [-0.1, -0.05) is 35.0 Å². The number of halogens is 2. The lowest BCUT2D eigenvalue weighted by Crippen LogP contribution is -2.41. The third kappa shape index (κ3) is 4.96. The van der Waals surface area contributed by atoms with E-state index in [1.165, 1.54) is 10.6 Å². The van der Waals surface area contributed by atoms with E-state index in [2.05, 4.69) is 21.1 Å². The van der Waals surface area contributed by atoms with Crippen LogP contribution in [0.3, 0.4) is 0 Å². The number of benzene rings is 1. The van der Waals surface area contributed by atoms with Crippen LogP contribution in [0.25, 0.3) is 0 Å². The van der Waals surface area contributed by atoms with Gasteiger partial charge in [-0.25, -0.2) is 4.98 Å². The lowest BCUT2D eigenvalue weighted by Gasteiger charge is -2.31. The van der Waals surface area contributed by atoms with Gasteiger partial charge in [0.05, 0.1) is 10.7 Å². The molecule has 0 radical (unpaired) electrons. The fourth-order valence-electron chi connectivity index (χ4n) is 4.29. The number of likely N-dealkylation sites (tertiary alicyclic amines) is 1. The van der Waals surface area contributed by atoms with Gasteiger partial charge in [0, 0.05) is 58.1 Å². The maximum atomic E-state index is 12.7. The van der Waals surface area contributed by atoms with Crippen LogP contribution in [0.4, 0.5) is 0 Å². The molecule has 4 heterocycles. The van der Waals surface area contributed by atoms with Crippen molar-refractivity contribution < 1.29 is 9.63 Å². The molecule has 2 aromatic heterocycles. The first-order chi connectivity index (χ1) is 16.5. The van der Waals surface area contributed by atoms with Crippen molar-refractivity contribution in [3.05, 3.63) is 84.1 Å². The van der Waals surface area contributed by atoms with Crippen molar-refractivity contribution in [2.75, 3.05) is 13.1 Å². The molecule has 0 saturated carbocycles. The van der Waals surface area contributed by atoms with Crippen LogP contribution >= 0.6 is 38.9 Å². The summed E-state index contributed by atoms with van der Waals surface area (Å²) in [6.45, 7) is 1.36. The van der Waals surface area contributed by atoms with E-state index in [-0.39, 0.29) is 24.1 Å². The maximum Gasteiger partial charge on any atom is 0.251 e. The van der Waals surface area contributed by atoms with E-state index in [4.69, 9.17) is 21.4 Å². The molecule has 0 N–H and O–H groups in total. The van der Waals surface area contributed by atoms with Crippen LogP contribution in [0.5, 0.6) is 0 Å².